The molecule has 0 radical (unpaired) electrons. The van der Waals surface area contributed by atoms with Crippen LogP contribution in [0.1, 0.15) is 21.5 Å². The van der Waals surface area contributed by atoms with E-state index < -0.39 is 17.6 Å². The van der Waals surface area contributed by atoms with Crippen molar-refractivity contribution in [1.82, 2.24) is 9.97 Å². The van der Waals surface area contributed by atoms with Crippen molar-refractivity contribution < 1.29 is 22.7 Å². The van der Waals surface area contributed by atoms with E-state index in [-0.39, 0.29) is 16.9 Å². The van der Waals surface area contributed by atoms with Crippen molar-refractivity contribution in [1.29, 1.82) is 0 Å². The number of alkyl halides is 3. The first-order valence-corrected chi connectivity index (χ1v) is 9.57. The number of fused-ring (bicyclic) bond motifs is 1. The summed E-state index contributed by atoms with van der Waals surface area (Å²) in [4.78, 5) is 33.0. The monoisotopic (exact) mass is 432 g/mol. The quantitative estimate of drug-likeness (QED) is 0.663. The number of ether oxygens (including phenoxy) is 1. The van der Waals surface area contributed by atoms with E-state index >= 15 is 0 Å². The molecule has 4 rings (SSSR count). The summed E-state index contributed by atoms with van der Waals surface area (Å²) in [5.74, 6) is -0.531. The lowest BCUT2D eigenvalue weighted by molar-refractivity contribution is -0.137. The van der Waals surface area contributed by atoms with E-state index in [1.165, 1.54) is 6.07 Å². The van der Waals surface area contributed by atoms with Crippen molar-refractivity contribution in [2.24, 2.45) is 0 Å². The SMILES string of the molecule is Cc1cc(=O)[nH]c2ccc(NC(=O)c3cc(C(F)(F)F)cnc3N3CCOCC3)cc12. The number of halogens is 3. The number of aryl methyl sites for hydroxylation is 1. The minimum Gasteiger partial charge on any atom is -0.378 e. The number of nitrogens with one attached hydrogen (secondary N) is 2. The number of H-pyrrole nitrogens is 1. The van der Waals surface area contributed by atoms with E-state index in [2.05, 4.69) is 15.3 Å². The number of morpholine rings is 1. The predicted octanol–water partition coefficient (Wildman–Crippen LogP) is 3.34. The summed E-state index contributed by atoms with van der Waals surface area (Å²) in [5.41, 5.74) is 0.281. The zero-order valence-corrected chi connectivity index (χ0v) is 16.5. The van der Waals surface area contributed by atoms with Gasteiger partial charge in [0.15, 0.2) is 0 Å². The summed E-state index contributed by atoms with van der Waals surface area (Å²) in [5, 5.41) is 3.37. The van der Waals surface area contributed by atoms with Crippen LogP contribution in [0.5, 0.6) is 0 Å². The number of hydrogen-bond donors (Lipinski definition) is 2. The van der Waals surface area contributed by atoms with Gasteiger partial charge in [-0.25, -0.2) is 4.98 Å². The highest BCUT2D eigenvalue weighted by atomic mass is 19.4. The van der Waals surface area contributed by atoms with Gasteiger partial charge in [-0.1, -0.05) is 0 Å². The zero-order chi connectivity index (χ0) is 22.2. The average Bonchev–Trinajstić information content (AvgIpc) is 2.73. The molecular formula is C21H19F3N4O3. The van der Waals surface area contributed by atoms with Crippen LogP contribution in [0.25, 0.3) is 10.9 Å². The standard InChI is InChI=1S/C21H19F3N4O3/c1-12-8-18(29)27-17-3-2-14(10-15(12)17)26-20(30)16-9-13(21(22,23)24)11-25-19(16)28-4-6-31-7-5-28/h2-3,8-11H,4-7H2,1H3,(H,26,30)(H,27,29). The maximum atomic E-state index is 13.2. The lowest BCUT2D eigenvalue weighted by Gasteiger charge is -2.29. The first-order valence-electron chi connectivity index (χ1n) is 9.57. The predicted molar refractivity (Wildman–Crippen MR) is 110 cm³/mol. The van der Waals surface area contributed by atoms with Gasteiger partial charge in [0.05, 0.1) is 24.3 Å². The molecule has 3 heterocycles. The lowest BCUT2D eigenvalue weighted by Crippen LogP contribution is -2.38. The first-order chi connectivity index (χ1) is 14.7. The summed E-state index contributed by atoms with van der Waals surface area (Å²) >= 11 is 0. The molecule has 3 aromatic rings. The molecule has 1 aromatic carbocycles. The van der Waals surface area contributed by atoms with Crippen molar-refractivity contribution in [3.05, 3.63) is 63.6 Å². The normalized spacial score (nSPS) is 14.6. The molecular weight excluding hydrogens is 413 g/mol. The molecule has 0 unspecified atom stereocenters. The molecule has 0 bridgehead atoms. The Morgan fingerprint density at radius 2 is 1.94 bits per heavy atom. The van der Waals surface area contributed by atoms with Crippen LogP contribution in [0.15, 0.2) is 41.3 Å². The minimum absolute atomic E-state index is 0.171. The Balaban J connectivity index is 1.71. The third-order valence-corrected chi connectivity index (χ3v) is 5.06. The van der Waals surface area contributed by atoms with Gasteiger partial charge in [-0.3, -0.25) is 9.59 Å². The van der Waals surface area contributed by atoms with Crippen LogP contribution in [0, 0.1) is 6.92 Å². The molecule has 1 fully saturated rings. The van der Waals surface area contributed by atoms with E-state index in [4.69, 9.17) is 4.74 Å². The molecule has 10 heteroatoms. The molecule has 0 atom stereocenters. The summed E-state index contributed by atoms with van der Waals surface area (Å²) in [6.45, 7) is 3.39. The van der Waals surface area contributed by atoms with Gasteiger partial charge in [0.2, 0.25) is 5.56 Å². The second kappa shape index (κ2) is 8.03. The third kappa shape index (κ3) is 4.38. The van der Waals surface area contributed by atoms with Crippen molar-refractivity contribution in [3.63, 3.8) is 0 Å². The van der Waals surface area contributed by atoms with Crippen LogP contribution in [0.2, 0.25) is 0 Å². The molecule has 7 nitrogen and oxygen atoms in total. The number of pyridine rings is 2. The largest absolute Gasteiger partial charge is 0.417 e. The van der Waals surface area contributed by atoms with Gasteiger partial charge < -0.3 is 19.9 Å². The number of benzene rings is 1. The van der Waals surface area contributed by atoms with E-state index in [0.29, 0.717) is 48.5 Å². The molecule has 0 aliphatic carbocycles. The van der Waals surface area contributed by atoms with Crippen LogP contribution in [-0.4, -0.2) is 42.2 Å². The Kier molecular flexibility index (Phi) is 5.40. The summed E-state index contributed by atoms with van der Waals surface area (Å²) in [6, 6.07) is 7.11. The number of nitrogens with zero attached hydrogens (tertiary/aromatic N) is 2. The fourth-order valence-corrected chi connectivity index (χ4v) is 3.51. The van der Waals surface area contributed by atoms with Crippen LogP contribution in [0.4, 0.5) is 24.7 Å². The van der Waals surface area contributed by atoms with Crippen LogP contribution in [0.3, 0.4) is 0 Å². The highest BCUT2D eigenvalue weighted by Gasteiger charge is 2.33. The van der Waals surface area contributed by atoms with Crippen LogP contribution in [-0.2, 0) is 10.9 Å². The van der Waals surface area contributed by atoms with Crippen molar-refractivity contribution in [3.8, 4) is 0 Å². The summed E-state index contributed by atoms with van der Waals surface area (Å²) in [7, 11) is 0. The number of anilines is 2. The fraction of sp³-hybridized carbons (Fsp3) is 0.286. The van der Waals surface area contributed by atoms with Gasteiger partial charge in [-0.15, -0.1) is 0 Å². The Hall–Kier alpha value is -3.40. The Morgan fingerprint density at radius 3 is 2.65 bits per heavy atom. The van der Waals surface area contributed by atoms with E-state index in [1.54, 1.807) is 30.0 Å². The maximum Gasteiger partial charge on any atom is 0.417 e. The van der Waals surface area contributed by atoms with Gasteiger partial charge in [0.25, 0.3) is 5.91 Å². The molecule has 2 N–H and O–H groups in total. The number of carbonyl (C=O) groups excluding carboxylic acids is 1. The van der Waals surface area contributed by atoms with Gasteiger partial charge in [-0.05, 0) is 36.8 Å². The number of aromatic nitrogens is 2. The first kappa shape index (κ1) is 20.9. The molecule has 2 aromatic heterocycles. The average molecular weight is 432 g/mol. The zero-order valence-electron chi connectivity index (χ0n) is 16.5. The molecule has 1 amide bonds. The van der Waals surface area contributed by atoms with Crippen LogP contribution >= 0.6 is 0 Å². The smallest absolute Gasteiger partial charge is 0.378 e. The number of hydrogen-bond acceptors (Lipinski definition) is 5. The molecule has 0 spiro atoms. The topological polar surface area (TPSA) is 87.3 Å². The third-order valence-electron chi connectivity index (χ3n) is 5.06. The van der Waals surface area contributed by atoms with E-state index in [9.17, 15) is 22.8 Å². The van der Waals surface area contributed by atoms with Gasteiger partial charge in [0.1, 0.15) is 5.82 Å². The molecule has 0 saturated carbocycles. The maximum absolute atomic E-state index is 13.2. The molecule has 162 valence electrons. The highest BCUT2D eigenvalue weighted by Crippen LogP contribution is 2.32. The summed E-state index contributed by atoms with van der Waals surface area (Å²) < 4.78 is 45.0. The second-order valence-electron chi connectivity index (χ2n) is 7.22. The van der Waals surface area contributed by atoms with E-state index in [1.807, 2.05) is 0 Å². The van der Waals surface area contributed by atoms with Crippen molar-refractivity contribution >= 4 is 28.3 Å². The van der Waals surface area contributed by atoms with Gasteiger partial charge in [-0.2, -0.15) is 13.2 Å². The highest BCUT2D eigenvalue weighted by molar-refractivity contribution is 6.08. The number of carbonyl (C=O) groups is 1. The number of amides is 1. The summed E-state index contributed by atoms with van der Waals surface area (Å²) in [6.07, 6.45) is -3.89. The van der Waals surface area contributed by atoms with E-state index in [0.717, 1.165) is 12.3 Å². The number of rotatable bonds is 3. The molecule has 1 saturated heterocycles. The second-order valence-corrected chi connectivity index (χ2v) is 7.22. The minimum atomic E-state index is -4.63. The van der Waals surface area contributed by atoms with Crippen LogP contribution < -0.4 is 15.8 Å². The van der Waals surface area contributed by atoms with Gasteiger partial charge >= 0.3 is 6.18 Å². The fourth-order valence-electron chi connectivity index (χ4n) is 3.51. The molecule has 31 heavy (non-hydrogen) atoms. The van der Waals surface area contributed by atoms with Crippen molar-refractivity contribution in [2.45, 2.75) is 13.1 Å². The van der Waals surface area contributed by atoms with Gasteiger partial charge in [0, 0.05) is 41.9 Å². The Bertz CT molecular complexity index is 1200. The molecule has 1 aliphatic rings. The Morgan fingerprint density at radius 1 is 1.19 bits per heavy atom. The Labute approximate surface area is 174 Å². The molecule has 1 aliphatic heterocycles. The lowest BCUT2D eigenvalue weighted by atomic mass is 10.1. The van der Waals surface area contributed by atoms with Crippen molar-refractivity contribution in [2.75, 3.05) is 36.5 Å². The number of aromatic amines is 1.